The number of hydroxylamine groups is 1. The van der Waals surface area contributed by atoms with E-state index >= 15 is 0 Å². The van der Waals surface area contributed by atoms with E-state index in [4.69, 9.17) is 14.4 Å². The Morgan fingerprint density at radius 1 is 1.13 bits per heavy atom. The third kappa shape index (κ3) is 7.92. The number of furan rings is 1. The maximum atomic E-state index is 12.6. The molecule has 1 fully saturated rings. The molecule has 1 saturated heterocycles. The highest BCUT2D eigenvalue weighted by molar-refractivity contribution is 8.13. The fourth-order valence-corrected chi connectivity index (χ4v) is 4.46. The third-order valence-corrected chi connectivity index (χ3v) is 6.46. The van der Waals surface area contributed by atoms with Gasteiger partial charge in [0.2, 0.25) is 0 Å². The van der Waals surface area contributed by atoms with E-state index < -0.39 is 23.9 Å². The van der Waals surface area contributed by atoms with Crippen molar-refractivity contribution in [3.8, 4) is 17.6 Å². The van der Waals surface area contributed by atoms with Gasteiger partial charge >= 0.3 is 11.4 Å². The average molecular weight is 548 g/mol. The number of rotatable bonds is 6. The van der Waals surface area contributed by atoms with Gasteiger partial charge in [-0.1, -0.05) is 11.8 Å². The number of amides is 2. The zero-order chi connectivity index (χ0) is 27.1. The van der Waals surface area contributed by atoms with Gasteiger partial charge in [0.15, 0.2) is 5.76 Å². The molecule has 200 valence electrons. The zero-order valence-corrected chi connectivity index (χ0v) is 20.8. The number of piperidine rings is 1. The van der Waals surface area contributed by atoms with Crippen LogP contribution in [0, 0.1) is 11.8 Å². The number of carbonyl (C=O) groups is 2. The molecule has 0 unspecified atom stereocenters. The lowest BCUT2D eigenvalue weighted by atomic mass is 10.1. The van der Waals surface area contributed by atoms with Gasteiger partial charge in [0.05, 0.1) is 13.1 Å². The lowest BCUT2D eigenvalue weighted by Gasteiger charge is -2.32. The van der Waals surface area contributed by atoms with Crippen molar-refractivity contribution in [3.63, 3.8) is 0 Å². The van der Waals surface area contributed by atoms with Crippen molar-refractivity contribution in [2.45, 2.75) is 30.0 Å². The SMILES string of the molecule is O=C(NO)Sc1ccc(C#CCNC(=O)c2cc3cc(OC4CCN(CC(F)(F)F)CC4)ccc3o2)cc1. The van der Waals surface area contributed by atoms with Gasteiger partial charge in [-0.2, -0.15) is 13.2 Å². The van der Waals surface area contributed by atoms with E-state index in [1.165, 1.54) is 4.90 Å². The van der Waals surface area contributed by atoms with Crippen LogP contribution in [0.15, 0.2) is 57.8 Å². The summed E-state index contributed by atoms with van der Waals surface area (Å²) in [6.07, 6.45) is -3.39. The standard InChI is InChI=1S/C26H24F3N3O5S/c27-26(28,29)16-32-12-9-19(10-13-32)36-20-5-8-22-18(14-20)15-23(37-22)24(33)30-11-1-2-17-3-6-21(7-4-17)38-25(34)31-35/h3-8,14-15,19,35H,9-13,16H2,(H,30,33)(H,31,34). The number of thioether (sulfide) groups is 1. The molecule has 2 heterocycles. The maximum Gasteiger partial charge on any atom is 0.401 e. The van der Waals surface area contributed by atoms with Crippen molar-refractivity contribution in [1.82, 2.24) is 15.7 Å². The number of fused-ring (bicyclic) bond motifs is 1. The van der Waals surface area contributed by atoms with Crippen molar-refractivity contribution >= 4 is 33.9 Å². The van der Waals surface area contributed by atoms with Crippen LogP contribution < -0.4 is 15.5 Å². The molecule has 0 atom stereocenters. The Labute approximate surface area is 220 Å². The zero-order valence-electron chi connectivity index (χ0n) is 20.0. The summed E-state index contributed by atoms with van der Waals surface area (Å²) in [5, 5.41) is 11.3. The summed E-state index contributed by atoms with van der Waals surface area (Å²) < 4.78 is 49.3. The number of nitrogens with zero attached hydrogens (tertiary/aromatic N) is 1. The fourth-order valence-electron chi connectivity index (χ4n) is 3.93. The van der Waals surface area contributed by atoms with Crippen LogP contribution >= 0.6 is 11.8 Å². The second-order valence-electron chi connectivity index (χ2n) is 8.53. The van der Waals surface area contributed by atoms with Crippen molar-refractivity contribution in [2.24, 2.45) is 0 Å². The van der Waals surface area contributed by atoms with Gasteiger partial charge in [0, 0.05) is 28.9 Å². The van der Waals surface area contributed by atoms with Gasteiger partial charge in [0.1, 0.15) is 17.4 Å². The second kappa shape index (κ2) is 12.3. The minimum atomic E-state index is -4.20. The van der Waals surface area contributed by atoms with Crippen LogP contribution in [0.2, 0.25) is 0 Å². The van der Waals surface area contributed by atoms with Gasteiger partial charge in [-0.15, -0.1) is 0 Å². The molecule has 1 aliphatic rings. The van der Waals surface area contributed by atoms with Gasteiger partial charge in [-0.25, -0.2) is 5.48 Å². The van der Waals surface area contributed by atoms with E-state index in [1.807, 2.05) is 0 Å². The average Bonchev–Trinajstić information content (AvgIpc) is 3.31. The van der Waals surface area contributed by atoms with E-state index in [0.29, 0.717) is 53.1 Å². The predicted molar refractivity (Wildman–Crippen MR) is 134 cm³/mol. The largest absolute Gasteiger partial charge is 0.490 e. The molecule has 0 aliphatic carbocycles. The Bertz CT molecular complexity index is 1340. The topological polar surface area (TPSA) is 104 Å². The number of likely N-dealkylation sites (tertiary alicyclic amines) is 1. The molecular weight excluding hydrogens is 523 g/mol. The molecule has 0 spiro atoms. The van der Waals surface area contributed by atoms with Crippen molar-refractivity contribution in [3.05, 3.63) is 59.9 Å². The lowest BCUT2D eigenvalue weighted by Crippen LogP contribution is -2.42. The van der Waals surface area contributed by atoms with E-state index in [1.54, 1.807) is 54.0 Å². The van der Waals surface area contributed by atoms with Crippen molar-refractivity contribution in [1.29, 1.82) is 0 Å². The van der Waals surface area contributed by atoms with Crippen LogP contribution in [-0.4, -0.2) is 59.7 Å². The summed E-state index contributed by atoms with van der Waals surface area (Å²) in [4.78, 5) is 25.6. The van der Waals surface area contributed by atoms with Crippen LogP contribution in [0.4, 0.5) is 18.0 Å². The first-order chi connectivity index (χ1) is 18.2. The number of halogens is 3. The molecule has 8 nitrogen and oxygen atoms in total. The molecular formula is C26H24F3N3O5S. The number of carbonyl (C=O) groups excluding carboxylic acids is 2. The van der Waals surface area contributed by atoms with Crippen LogP contribution in [0.5, 0.6) is 5.75 Å². The maximum absolute atomic E-state index is 12.6. The predicted octanol–water partition coefficient (Wildman–Crippen LogP) is 4.81. The van der Waals surface area contributed by atoms with Gasteiger partial charge in [-0.3, -0.25) is 19.7 Å². The lowest BCUT2D eigenvalue weighted by molar-refractivity contribution is -0.149. The van der Waals surface area contributed by atoms with Crippen molar-refractivity contribution < 1.29 is 37.1 Å². The van der Waals surface area contributed by atoms with E-state index in [9.17, 15) is 22.8 Å². The normalized spacial score (nSPS) is 14.5. The molecule has 1 aromatic heterocycles. The molecule has 0 radical (unpaired) electrons. The van der Waals surface area contributed by atoms with Crippen molar-refractivity contribution in [2.75, 3.05) is 26.2 Å². The summed E-state index contributed by atoms with van der Waals surface area (Å²) in [7, 11) is 0. The highest BCUT2D eigenvalue weighted by atomic mass is 32.2. The van der Waals surface area contributed by atoms with Gasteiger partial charge in [-0.05, 0) is 73.1 Å². The fraction of sp³-hybridized carbons (Fsp3) is 0.308. The first kappa shape index (κ1) is 27.4. The number of alkyl halides is 3. The highest BCUT2D eigenvalue weighted by Crippen LogP contribution is 2.27. The molecule has 3 aromatic rings. The summed E-state index contributed by atoms with van der Waals surface area (Å²) in [6.45, 7) is -0.185. The third-order valence-electron chi connectivity index (χ3n) is 5.68. The number of ether oxygens (including phenoxy) is 1. The Morgan fingerprint density at radius 2 is 1.87 bits per heavy atom. The molecule has 0 bridgehead atoms. The quantitative estimate of drug-likeness (QED) is 0.176. The van der Waals surface area contributed by atoms with E-state index in [2.05, 4.69) is 17.2 Å². The van der Waals surface area contributed by atoms with Crippen LogP contribution in [0.25, 0.3) is 11.0 Å². The Balaban J connectivity index is 1.27. The smallest absolute Gasteiger partial charge is 0.401 e. The minimum absolute atomic E-state index is 0.0840. The summed E-state index contributed by atoms with van der Waals surface area (Å²) in [6, 6.07) is 13.5. The highest BCUT2D eigenvalue weighted by Gasteiger charge is 2.32. The van der Waals surface area contributed by atoms with Crippen LogP contribution in [0.3, 0.4) is 0 Å². The molecule has 3 N–H and O–H groups in total. The molecule has 2 aromatic carbocycles. The summed E-state index contributed by atoms with van der Waals surface area (Å²) >= 11 is 0.835. The van der Waals surface area contributed by atoms with E-state index in [0.717, 1.165) is 11.8 Å². The Kier molecular flexibility index (Phi) is 8.83. The Hall–Kier alpha value is -3.66. The molecule has 4 rings (SSSR count). The molecule has 38 heavy (non-hydrogen) atoms. The Morgan fingerprint density at radius 3 is 2.55 bits per heavy atom. The first-order valence-corrected chi connectivity index (χ1v) is 12.5. The van der Waals surface area contributed by atoms with Gasteiger partial charge in [0.25, 0.3) is 5.91 Å². The molecule has 12 heteroatoms. The first-order valence-electron chi connectivity index (χ1n) is 11.7. The van der Waals surface area contributed by atoms with E-state index in [-0.39, 0.29) is 18.4 Å². The number of benzene rings is 2. The van der Waals surface area contributed by atoms with Gasteiger partial charge < -0.3 is 14.5 Å². The second-order valence-corrected chi connectivity index (χ2v) is 9.58. The minimum Gasteiger partial charge on any atom is -0.490 e. The number of nitrogens with one attached hydrogen (secondary N) is 2. The number of hydrogen-bond acceptors (Lipinski definition) is 7. The monoisotopic (exact) mass is 547 g/mol. The summed E-state index contributed by atoms with van der Waals surface area (Å²) in [5.41, 5.74) is 2.73. The summed E-state index contributed by atoms with van der Waals surface area (Å²) in [5.74, 6) is 5.99. The molecule has 0 saturated carbocycles. The molecule has 2 amide bonds. The van der Waals surface area contributed by atoms with Crippen LogP contribution in [-0.2, 0) is 0 Å². The number of hydrogen-bond donors (Lipinski definition) is 3. The molecule has 1 aliphatic heterocycles. The van der Waals surface area contributed by atoms with Crippen LogP contribution in [0.1, 0.15) is 29.0 Å².